The van der Waals surface area contributed by atoms with Gasteiger partial charge in [0.25, 0.3) is 0 Å². The lowest BCUT2D eigenvalue weighted by Crippen LogP contribution is -2.44. The fourth-order valence-corrected chi connectivity index (χ4v) is 6.57. The van der Waals surface area contributed by atoms with E-state index in [2.05, 4.69) is 6.92 Å². The van der Waals surface area contributed by atoms with Gasteiger partial charge >= 0.3 is 5.97 Å². The maximum Gasteiger partial charge on any atom is 0.343 e. The molecule has 0 aliphatic heterocycles. The number of carbonyl (C=O) groups is 1. The number of aryl methyl sites for hydroxylation is 2. The SMILES string of the molecule is Cc1ccc(C(=O)Oc2cc(O)cc3c2[C@H]2CC[C@]4(C)[C@H](O)CC[C@H]4[C@@H]2CC3)cc1. The third-order valence-corrected chi connectivity index (χ3v) is 8.21. The summed E-state index contributed by atoms with van der Waals surface area (Å²) < 4.78 is 5.88. The third kappa shape index (κ3) is 3.04. The standard InChI is InChI=1S/C26H30O4/c1-15-3-5-16(6-4-15)25(29)30-22-14-18(27)13-17-7-8-19-20(24(17)22)11-12-26(2)21(19)9-10-23(26)28/h3-6,13-14,19-21,23,27-28H,7-12H2,1-2H3/t19-,20+,21+,23-,26+/m1/s1. The smallest absolute Gasteiger partial charge is 0.343 e. The molecule has 2 aromatic carbocycles. The van der Waals surface area contributed by atoms with E-state index in [4.69, 9.17) is 4.74 Å². The number of aromatic hydroxyl groups is 1. The number of phenols is 1. The first-order valence-corrected chi connectivity index (χ1v) is 11.2. The molecule has 2 fully saturated rings. The molecule has 2 N–H and O–H groups in total. The molecule has 2 aromatic rings. The monoisotopic (exact) mass is 406 g/mol. The van der Waals surface area contributed by atoms with Crippen molar-refractivity contribution in [1.82, 2.24) is 0 Å². The Balaban J connectivity index is 1.49. The van der Waals surface area contributed by atoms with Gasteiger partial charge in [-0.05, 0) is 92.4 Å². The molecule has 4 nitrogen and oxygen atoms in total. The second-order valence-electron chi connectivity index (χ2n) is 9.83. The van der Waals surface area contributed by atoms with Gasteiger partial charge < -0.3 is 14.9 Å². The van der Waals surface area contributed by atoms with Crippen LogP contribution < -0.4 is 4.74 Å². The van der Waals surface area contributed by atoms with Crippen molar-refractivity contribution in [2.24, 2.45) is 17.3 Å². The summed E-state index contributed by atoms with van der Waals surface area (Å²) in [5.41, 5.74) is 3.82. The highest BCUT2D eigenvalue weighted by Crippen LogP contribution is 2.62. The number of rotatable bonds is 2. The van der Waals surface area contributed by atoms with Gasteiger partial charge in [0.2, 0.25) is 0 Å². The van der Waals surface area contributed by atoms with Crippen LogP contribution in [0.4, 0.5) is 0 Å². The Morgan fingerprint density at radius 2 is 1.87 bits per heavy atom. The molecule has 30 heavy (non-hydrogen) atoms. The quantitative estimate of drug-likeness (QED) is 0.535. The van der Waals surface area contributed by atoms with Crippen molar-refractivity contribution in [3.05, 3.63) is 58.7 Å². The molecule has 5 rings (SSSR count). The zero-order chi connectivity index (χ0) is 21.0. The molecule has 0 bridgehead atoms. The number of fused-ring (bicyclic) bond motifs is 5. The Bertz CT molecular complexity index is 979. The van der Waals surface area contributed by atoms with E-state index in [-0.39, 0.29) is 23.2 Å². The van der Waals surface area contributed by atoms with E-state index in [1.165, 1.54) is 0 Å². The molecule has 0 unspecified atom stereocenters. The van der Waals surface area contributed by atoms with Crippen LogP contribution in [-0.4, -0.2) is 22.3 Å². The highest BCUT2D eigenvalue weighted by molar-refractivity contribution is 5.91. The Morgan fingerprint density at radius 3 is 2.63 bits per heavy atom. The lowest BCUT2D eigenvalue weighted by atomic mass is 9.55. The first-order chi connectivity index (χ1) is 14.4. The van der Waals surface area contributed by atoms with Crippen LogP contribution in [0.1, 0.15) is 72.0 Å². The van der Waals surface area contributed by atoms with Crippen LogP contribution in [0.3, 0.4) is 0 Å². The number of benzene rings is 2. The predicted molar refractivity (Wildman–Crippen MR) is 115 cm³/mol. The number of aliphatic hydroxyl groups excluding tert-OH is 1. The van der Waals surface area contributed by atoms with Crippen LogP contribution in [0.15, 0.2) is 36.4 Å². The van der Waals surface area contributed by atoms with Crippen molar-refractivity contribution in [3.63, 3.8) is 0 Å². The van der Waals surface area contributed by atoms with E-state index >= 15 is 0 Å². The Hall–Kier alpha value is -2.33. The summed E-state index contributed by atoms with van der Waals surface area (Å²) in [6.07, 6.45) is 5.69. The molecule has 0 amide bonds. The average Bonchev–Trinajstić information content (AvgIpc) is 3.02. The Morgan fingerprint density at radius 1 is 1.10 bits per heavy atom. The largest absolute Gasteiger partial charge is 0.508 e. The molecule has 158 valence electrons. The molecule has 0 saturated heterocycles. The van der Waals surface area contributed by atoms with Gasteiger partial charge in [0, 0.05) is 11.6 Å². The van der Waals surface area contributed by atoms with Crippen molar-refractivity contribution < 1.29 is 19.7 Å². The minimum Gasteiger partial charge on any atom is -0.508 e. The van der Waals surface area contributed by atoms with Gasteiger partial charge in [-0.25, -0.2) is 4.79 Å². The van der Waals surface area contributed by atoms with Crippen molar-refractivity contribution in [1.29, 1.82) is 0 Å². The highest BCUT2D eigenvalue weighted by Gasteiger charge is 2.54. The van der Waals surface area contributed by atoms with Crippen LogP contribution in [0, 0.1) is 24.2 Å². The Labute approximate surface area is 177 Å². The minimum atomic E-state index is -0.387. The number of ether oxygens (including phenoxy) is 1. The van der Waals surface area contributed by atoms with E-state index in [1.54, 1.807) is 18.2 Å². The van der Waals surface area contributed by atoms with Gasteiger partial charge in [-0.2, -0.15) is 0 Å². The molecule has 0 radical (unpaired) electrons. The topological polar surface area (TPSA) is 66.8 Å². The number of hydrogen-bond acceptors (Lipinski definition) is 4. The molecular weight excluding hydrogens is 376 g/mol. The van der Waals surface area contributed by atoms with E-state index in [9.17, 15) is 15.0 Å². The van der Waals surface area contributed by atoms with E-state index in [0.717, 1.165) is 55.2 Å². The van der Waals surface area contributed by atoms with Crippen LogP contribution in [-0.2, 0) is 6.42 Å². The van der Waals surface area contributed by atoms with Crippen LogP contribution in [0.25, 0.3) is 0 Å². The predicted octanol–water partition coefficient (Wildman–Crippen LogP) is 5.14. The average molecular weight is 407 g/mol. The van der Waals surface area contributed by atoms with E-state index in [1.807, 2.05) is 25.1 Å². The normalized spacial score (nSPS) is 32.1. The van der Waals surface area contributed by atoms with Crippen molar-refractivity contribution in [3.8, 4) is 11.5 Å². The molecule has 0 aromatic heterocycles. The number of carbonyl (C=O) groups excluding carboxylic acids is 1. The van der Waals surface area contributed by atoms with Gasteiger partial charge in [0.05, 0.1) is 11.7 Å². The number of phenolic OH excluding ortho intramolecular Hbond substituents is 1. The minimum absolute atomic E-state index is 0.00826. The summed E-state index contributed by atoms with van der Waals surface area (Å²) >= 11 is 0. The number of aliphatic hydroxyl groups is 1. The lowest BCUT2D eigenvalue weighted by Gasteiger charge is -2.50. The summed E-state index contributed by atoms with van der Waals surface area (Å²) in [7, 11) is 0. The maximum absolute atomic E-state index is 12.8. The van der Waals surface area contributed by atoms with Gasteiger partial charge in [-0.1, -0.05) is 24.6 Å². The van der Waals surface area contributed by atoms with Gasteiger partial charge in [0.15, 0.2) is 0 Å². The van der Waals surface area contributed by atoms with Crippen LogP contribution in [0.2, 0.25) is 0 Å². The van der Waals surface area contributed by atoms with Crippen LogP contribution >= 0.6 is 0 Å². The fourth-order valence-electron chi connectivity index (χ4n) is 6.57. The summed E-state index contributed by atoms with van der Waals surface area (Å²) in [5.74, 6) is 1.59. The third-order valence-electron chi connectivity index (χ3n) is 8.21. The lowest BCUT2D eigenvalue weighted by molar-refractivity contribution is -0.0229. The Kier molecular flexibility index (Phi) is 4.66. The van der Waals surface area contributed by atoms with Gasteiger partial charge in [-0.15, -0.1) is 0 Å². The van der Waals surface area contributed by atoms with Crippen molar-refractivity contribution in [2.45, 2.75) is 64.4 Å². The van der Waals surface area contributed by atoms with Gasteiger partial charge in [0.1, 0.15) is 11.5 Å². The molecule has 3 aliphatic rings. The van der Waals surface area contributed by atoms with Crippen LogP contribution in [0.5, 0.6) is 11.5 Å². The van der Waals surface area contributed by atoms with E-state index < -0.39 is 0 Å². The molecule has 0 heterocycles. The van der Waals surface area contributed by atoms with E-state index in [0.29, 0.717) is 29.1 Å². The molecule has 4 heteroatoms. The first-order valence-electron chi connectivity index (χ1n) is 11.2. The molecule has 3 aliphatic carbocycles. The number of esters is 1. The number of hydrogen-bond donors (Lipinski definition) is 2. The summed E-state index contributed by atoms with van der Waals surface area (Å²) in [6.45, 7) is 4.24. The molecular formula is C26H30O4. The summed E-state index contributed by atoms with van der Waals surface area (Å²) in [5, 5.41) is 20.9. The van der Waals surface area contributed by atoms with Gasteiger partial charge in [-0.3, -0.25) is 0 Å². The first kappa shape index (κ1) is 19.6. The second-order valence-corrected chi connectivity index (χ2v) is 9.83. The summed E-state index contributed by atoms with van der Waals surface area (Å²) in [4.78, 5) is 12.8. The maximum atomic E-state index is 12.8. The summed E-state index contributed by atoms with van der Waals surface area (Å²) in [6, 6.07) is 10.8. The fraction of sp³-hybridized carbons (Fsp3) is 0.500. The molecule has 0 spiro atoms. The molecule has 5 atom stereocenters. The van der Waals surface area contributed by atoms with Crippen molar-refractivity contribution >= 4 is 5.97 Å². The van der Waals surface area contributed by atoms with Crippen molar-refractivity contribution in [2.75, 3.05) is 0 Å². The molecule has 2 saturated carbocycles. The zero-order valence-corrected chi connectivity index (χ0v) is 17.7. The second kappa shape index (κ2) is 7.12. The zero-order valence-electron chi connectivity index (χ0n) is 17.7. The highest BCUT2D eigenvalue weighted by atomic mass is 16.5.